The van der Waals surface area contributed by atoms with Crippen molar-refractivity contribution >= 4 is 24.8 Å². The monoisotopic (exact) mass is 278 g/mol. The van der Waals surface area contributed by atoms with Gasteiger partial charge in [0, 0.05) is 18.8 Å². The maximum absolute atomic E-state index is 5.70. The lowest BCUT2D eigenvalue weighted by Gasteiger charge is -2.19. The van der Waals surface area contributed by atoms with Gasteiger partial charge in [0.15, 0.2) is 0 Å². The van der Waals surface area contributed by atoms with Gasteiger partial charge in [-0.1, -0.05) is 6.92 Å². The molecule has 17 heavy (non-hydrogen) atoms. The number of nitrogens with zero attached hydrogens (tertiary/aromatic N) is 2. The smallest absolute Gasteiger partial charge is 0.137 e. The van der Waals surface area contributed by atoms with Crippen LogP contribution in [0.1, 0.15) is 13.3 Å². The molecule has 0 aromatic carbocycles. The van der Waals surface area contributed by atoms with Crippen molar-refractivity contribution < 1.29 is 4.74 Å². The van der Waals surface area contributed by atoms with Crippen LogP contribution in [0.25, 0.3) is 0 Å². The van der Waals surface area contributed by atoms with Gasteiger partial charge in [0.2, 0.25) is 0 Å². The minimum atomic E-state index is 0. The van der Waals surface area contributed by atoms with Gasteiger partial charge in [-0.2, -0.15) is 0 Å². The van der Waals surface area contributed by atoms with Crippen LogP contribution in [-0.4, -0.2) is 36.1 Å². The molecule has 1 aliphatic rings. The fraction of sp³-hybridized carbons (Fsp3) is 0.583. The Kier molecular flexibility index (Phi) is 7.51. The first-order valence-electron chi connectivity index (χ1n) is 5.49. The Morgan fingerprint density at radius 3 is 2.76 bits per heavy atom. The SMILES string of the molecule is C[C@H]1CC(COc2cccnc2)N(C)C1.Cl.Cl. The summed E-state index contributed by atoms with van der Waals surface area (Å²) in [5, 5.41) is 0. The largest absolute Gasteiger partial charge is 0.490 e. The average Bonchev–Trinajstić information content (AvgIpc) is 2.56. The number of hydrogen-bond donors (Lipinski definition) is 0. The molecule has 0 saturated carbocycles. The van der Waals surface area contributed by atoms with Gasteiger partial charge in [0.25, 0.3) is 0 Å². The molecule has 1 saturated heterocycles. The highest BCUT2D eigenvalue weighted by atomic mass is 35.5. The molecular formula is C12H20Cl2N2O. The van der Waals surface area contributed by atoms with E-state index in [-0.39, 0.29) is 24.8 Å². The van der Waals surface area contributed by atoms with Crippen LogP contribution in [0.15, 0.2) is 24.5 Å². The van der Waals surface area contributed by atoms with Crippen LogP contribution in [0.2, 0.25) is 0 Å². The number of halogens is 2. The molecule has 0 spiro atoms. The normalized spacial score (nSPS) is 23.6. The van der Waals surface area contributed by atoms with Crippen LogP contribution < -0.4 is 4.74 Å². The van der Waals surface area contributed by atoms with E-state index in [0.29, 0.717) is 6.04 Å². The highest BCUT2D eigenvalue weighted by molar-refractivity contribution is 5.85. The molecule has 98 valence electrons. The molecule has 2 heterocycles. The second kappa shape index (κ2) is 7.75. The lowest BCUT2D eigenvalue weighted by Crippen LogP contribution is -2.30. The zero-order chi connectivity index (χ0) is 10.7. The van der Waals surface area contributed by atoms with E-state index in [9.17, 15) is 0 Å². The first-order chi connectivity index (χ1) is 7.25. The molecule has 1 unspecified atom stereocenters. The fourth-order valence-corrected chi connectivity index (χ4v) is 2.18. The highest BCUT2D eigenvalue weighted by Crippen LogP contribution is 2.21. The first-order valence-corrected chi connectivity index (χ1v) is 5.49. The Labute approximate surface area is 115 Å². The van der Waals surface area contributed by atoms with Crippen molar-refractivity contribution in [1.82, 2.24) is 9.88 Å². The molecule has 0 bridgehead atoms. The van der Waals surface area contributed by atoms with E-state index in [1.165, 1.54) is 13.0 Å². The van der Waals surface area contributed by atoms with Gasteiger partial charge in [-0.05, 0) is 31.5 Å². The number of ether oxygens (including phenoxy) is 1. The molecule has 0 radical (unpaired) electrons. The topological polar surface area (TPSA) is 25.4 Å². The summed E-state index contributed by atoms with van der Waals surface area (Å²) in [6, 6.07) is 4.40. The molecule has 1 aromatic heterocycles. The lowest BCUT2D eigenvalue weighted by atomic mass is 10.1. The van der Waals surface area contributed by atoms with Crippen LogP contribution in [0, 0.1) is 5.92 Å². The van der Waals surface area contributed by atoms with E-state index in [1.54, 1.807) is 12.4 Å². The minimum absolute atomic E-state index is 0. The molecular weight excluding hydrogens is 259 g/mol. The van der Waals surface area contributed by atoms with Crippen LogP contribution in [-0.2, 0) is 0 Å². The van der Waals surface area contributed by atoms with Gasteiger partial charge in [-0.15, -0.1) is 24.8 Å². The molecule has 0 N–H and O–H groups in total. The van der Waals surface area contributed by atoms with Crippen molar-refractivity contribution in [3.8, 4) is 5.75 Å². The van der Waals surface area contributed by atoms with Gasteiger partial charge < -0.3 is 4.74 Å². The van der Waals surface area contributed by atoms with Crippen molar-refractivity contribution in [2.75, 3.05) is 20.2 Å². The van der Waals surface area contributed by atoms with E-state index < -0.39 is 0 Å². The summed E-state index contributed by atoms with van der Waals surface area (Å²) in [6.45, 7) is 4.24. The zero-order valence-electron chi connectivity index (χ0n) is 10.2. The lowest BCUT2D eigenvalue weighted by molar-refractivity contribution is 0.198. The predicted octanol–water partition coefficient (Wildman–Crippen LogP) is 2.64. The van der Waals surface area contributed by atoms with E-state index in [2.05, 4.69) is 23.9 Å². The summed E-state index contributed by atoms with van der Waals surface area (Å²) in [6.07, 6.45) is 4.76. The number of pyridine rings is 1. The summed E-state index contributed by atoms with van der Waals surface area (Å²) in [4.78, 5) is 6.40. The molecule has 2 atom stereocenters. The Hall–Kier alpha value is -0.510. The maximum Gasteiger partial charge on any atom is 0.137 e. The average molecular weight is 279 g/mol. The summed E-state index contributed by atoms with van der Waals surface area (Å²) in [7, 11) is 2.17. The van der Waals surface area contributed by atoms with Crippen molar-refractivity contribution in [3.63, 3.8) is 0 Å². The predicted molar refractivity (Wildman–Crippen MR) is 74.4 cm³/mol. The molecule has 2 rings (SSSR count). The molecule has 3 nitrogen and oxygen atoms in total. The highest BCUT2D eigenvalue weighted by Gasteiger charge is 2.26. The molecule has 5 heteroatoms. The summed E-state index contributed by atoms with van der Waals surface area (Å²) in [5.41, 5.74) is 0. The molecule has 1 aromatic rings. The van der Waals surface area contributed by atoms with Crippen LogP contribution >= 0.6 is 24.8 Å². The van der Waals surface area contributed by atoms with E-state index in [1.807, 2.05) is 12.1 Å². The Morgan fingerprint density at radius 1 is 1.47 bits per heavy atom. The minimum Gasteiger partial charge on any atom is -0.490 e. The van der Waals surface area contributed by atoms with Crippen LogP contribution in [0.4, 0.5) is 0 Å². The van der Waals surface area contributed by atoms with Gasteiger partial charge >= 0.3 is 0 Å². The third-order valence-corrected chi connectivity index (χ3v) is 2.97. The number of rotatable bonds is 3. The summed E-state index contributed by atoms with van der Waals surface area (Å²) in [5.74, 6) is 1.66. The second-order valence-electron chi connectivity index (χ2n) is 4.43. The second-order valence-corrected chi connectivity index (χ2v) is 4.43. The van der Waals surface area contributed by atoms with Crippen molar-refractivity contribution in [3.05, 3.63) is 24.5 Å². The quantitative estimate of drug-likeness (QED) is 0.850. The van der Waals surface area contributed by atoms with E-state index in [4.69, 9.17) is 4.74 Å². The number of likely N-dealkylation sites (N-methyl/N-ethyl adjacent to an activating group) is 1. The molecule has 0 aliphatic carbocycles. The van der Waals surface area contributed by atoms with Gasteiger partial charge in [-0.3, -0.25) is 9.88 Å². The molecule has 1 fully saturated rings. The van der Waals surface area contributed by atoms with Crippen LogP contribution in [0.3, 0.4) is 0 Å². The van der Waals surface area contributed by atoms with Crippen LogP contribution in [0.5, 0.6) is 5.75 Å². The van der Waals surface area contributed by atoms with E-state index in [0.717, 1.165) is 18.3 Å². The Bertz CT molecular complexity index is 311. The van der Waals surface area contributed by atoms with Crippen molar-refractivity contribution in [1.29, 1.82) is 0 Å². The third-order valence-electron chi connectivity index (χ3n) is 2.97. The maximum atomic E-state index is 5.70. The summed E-state index contributed by atoms with van der Waals surface area (Å²) >= 11 is 0. The van der Waals surface area contributed by atoms with E-state index >= 15 is 0 Å². The van der Waals surface area contributed by atoms with Crippen molar-refractivity contribution in [2.24, 2.45) is 5.92 Å². The Balaban J connectivity index is 0.00000128. The molecule has 0 amide bonds. The standard InChI is InChI=1S/C12H18N2O.2ClH/c1-10-6-11(14(2)8-10)9-15-12-4-3-5-13-7-12;;/h3-5,7,10-11H,6,8-9H2,1-2H3;2*1H/t10-,11?;;/m0../s1. The van der Waals surface area contributed by atoms with Gasteiger partial charge in [0.1, 0.15) is 12.4 Å². The Morgan fingerprint density at radius 2 is 2.24 bits per heavy atom. The van der Waals surface area contributed by atoms with Gasteiger partial charge in [-0.25, -0.2) is 0 Å². The third kappa shape index (κ3) is 4.70. The number of hydrogen-bond acceptors (Lipinski definition) is 3. The van der Waals surface area contributed by atoms with Gasteiger partial charge in [0.05, 0.1) is 6.20 Å². The van der Waals surface area contributed by atoms with Crippen molar-refractivity contribution in [2.45, 2.75) is 19.4 Å². The molecule has 1 aliphatic heterocycles. The first kappa shape index (κ1) is 16.5. The fourth-order valence-electron chi connectivity index (χ4n) is 2.18. The number of aromatic nitrogens is 1. The zero-order valence-corrected chi connectivity index (χ0v) is 11.8. The number of likely N-dealkylation sites (tertiary alicyclic amines) is 1. The summed E-state index contributed by atoms with van der Waals surface area (Å²) < 4.78 is 5.70.